The molecule has 0 bridgehead atoms. The van der Waals surface area contributed by atoms with Gasteiger partial charge in [0.1, 0.15) is 0 Å². The lowest BCUT2D eigenvalue weighted by Crippen LogP contribution is -2.32. The molecule has 1 aliphatic rings. The highest BCUT2D eigenvalue weighted by Gasteiger charge is 2.25. The van der Waals surface area contributed by atoms with Crippen LogP contribution in [0.3, 0.4) is 0 Å². The van der Waals surface area contributed by atoms with E-state index >= 15 is 0 Å². The Morgan fingerprint density at radius 3 is 2.57 bits per heavy atom. The van der Waals surface area contributed by atoms with Gasteiger partial charge < -0.3 is 5.32 Å². The van der Waals surface area contributed by atoms with Crippen LogP contribution in [-0.2, 0) is 9.84 Å². The summed E-state index contributed by atoms with van der Waals surface area (Å²) in [4.78, 5) is 0.465. The molecule has 1 N–H and O–H groups in total. The molecule has 2 atom stereocenters. The molecule has 118 valence electrons. The van der Waals surface area contributed by atoms with Crippen LogP contribution in [-0.4, -0.2) is 20.2 Å². The third kappa shape index (κ3) is 4.00. The lowest BCUT2D eigenvalue weighted by molar-refractivity contribution is 0.317. The minimum Gasteiger partial charge on any atom is -0.381 e. The van der Waals surface area contributed by atoms with E-state index in [2.05, 4.69) is 12.2 Å². The summed E-state index contributed by atoms with van der Waals surface area (Å²) in [5.41, 5.74) is 0.788. The van der Waals surface area contributed by atoms with Crippen LogP contribution in [0, 0.1) is 5.92 Å². The van der Waals surface area contributed by atoms with Gasteiger partial charge in [-0.3, -0.25) is 0 Å². The number of nitrogens with one attached hydrogen (secondary N) is 1. The maximum atomic E-state index is 12.4. The van der Waals surface area contributed by atoms with E-state index in [9.17, 15) is 8.42 Å². The first-order valence-electron chi connectivity index (χ1n) is 8.16. The van der Waals surface area contributed by atoms with Gasteiger partial charge in [0.05, 0.1) is 16.3 Å². The van der Waals surface area contributed by atoms with E-state index in [0.29, 0.717) is 23.3 Å². The smallest absolute Gasteiger partial charge is 0.180 e. The number of rotatable bonds is 6. The second kappa shape index (κ2) is 7.30. The van der Waals surface area contributed by atoms with Crippen molar-refractivity contribution in [2.45, 2.75) is 63.3 Å². The molecule has 4 heteroatoms. The quantitative estimate of drug-likeness (QED) is 0.854. The fourth-order valence-corrected chi connectivity index (χ4v) is 4.83. The molecule has 2 rings (SSSR count). The predicted octanol–water partition coefficient (Wildman–Crippen LogP) is 4.25. The minimum absolute atomic E-state index is 0.216. The summed E-state index contributed by atoms with van der Waals surface area (Å²) in [6.45, 7) is 4.13. The average Bonchev–Trinajstić information content (AvgIpc) is 2.48. The zero-order valence-electron chi connectivity index (χ0n) is 13.1. The number of para-hydroxylation sites is 1. The third-order valence-corrected chi connectivity index (χ3v) is 6.44. The number of hydrogen-bond donors (Lipinski definition) is 1. The molecule has 0 spiro atoms. The largest absolute Gasteiger partial charge is 0.381 e. The van der Waals surface area contributed by atoms with Crippen molar-refractivity contribution in [3.05, 3.63) is 24.3 Å². The normalized spacial score (nSPS) is 23.0. The maximum Gasteiger partial charge on any atom is 0.180 e. The molecule has 1 aliphatic carbocycles. The molecule has 0 amide bonds. The predicted molar refractivity (Wildman–Crippen MR) is 88.4 cm³/mol. The average molecular weight is 309 g/mol. The van der Waals surface area contributed by atoms with Crippen molar-refractivity contribution in [3.8, 4) is 0 Å². The molecular formula is C17H27NO2S. The molecule has 1 aromatic rings. The van der Waals surface area contributed by atoms with Gasteiger partial charge in [-0.25, -0.2) is 8.42 Å². The van der Waals surface area contributed by atoms with Crippen LogP contribution >= 0.6 is 0 Å². The van der Waals surface area contributed by atoms with Crippen LogP contribution in [0.4, 0.5) is 5.69 Å². The Hall–Kier alpha value is -1.03. The van der Waals surface area contributed by atoms with Crippen LogP contribution in [0.2, 0.25) is 0 Å². The fourth-order valence-electron chi connectivity index (χ4n) is 3.32. The maximum absolute atomic E-state index is 12.4. The Balaban J connectivity index is 2.24. The first kappa shape index (κ1) is 16.3. The summed E-state index contributed by atoms with van der Waals surface area (Å²) in [5.74, 6) is 0.869. The van der Waals surface area contributed by atoms with Crippen molar-refractivity contribution in [2.75, 3.05) is 11.1 Å². The second-order valence-electron chi connectivity index (χ2n) is 6.02. The van der Waals surface area contributed by atoms with E-state index in [1.54, 1.807) is 6.07 Å². The van der Waals surface area contributed by atoms with E-state index in [1.807, 2.05) is 25.1 Å². The van der Waals surface area contributed by atoms with E-state index in [4.69, 9.17) is 0 Å². The summed E-state index contributed by atoms with van der Waals surface area (Å²) in [6, 6.07) is 7.77. The zero-order valence-corrected chi connectivity index (χ0v) is 14.0. The highest BCUT2D eigenvalue weighted by Crippen LogP contribution is 2.31. The number of hydrogen-bond acceptors (Lipinski definition) is 3. The summed E-state index contributed by atoms with van der Waals surface area (Å²) in [6.07, 6.45) is 6.72. The van der Waals surface area contributed by atoms with Gasteiger partial charge in [0.25, 0.3) is 0 Å². The summed E-state index contributed by atoms with van der Waals surface area (Å²) in [7, 11) is -3.18. The number of benzene rings is 1. The molecular weight excluding hydrogens is 282 g/mol. The molecule has 21 heavy (non-hydrogen) atoms. The Morgan fingerprint density at radius 1 is 1.14 bits per heavy atom. The molecule has 1 aromatic carbocycles. The fraction of sp³-hybridized carbons (Fsp3) is 0.647. The Bertz CT molecular complexity index is 554. The Kier molecular flexibility index (Phi) is 5.68. The van der Waals surface area contributed by atoms with Gasteiger partial charge in [0, 0.05) is 6.04 Å². The molecule has 3 nitrogen and oxygen atoms in total. The van der Waals surface area contributed by atoms with Gasteiger partial charge in [-0.1, -0.05) is 45.2 Å². The summed E-state index contributed by atoms with van der Waals surface area (Å²) in [5, 5.41) is 3.54. The molecule has 0 saturated heterocycles. The van der Waals surface area contributed by atoms with Crippen LogP contribution in [0.1, 0.15) is 52.4 Å². The van der Waals surface area contributed by atoms with Gasteiger partial charge in [0.2, 0.25) is 0 Å². The number of anilines is 1. The van der Waals surface area contributed by atoms with Crippen molar-refractivity contribution in [3.63, 3.8) is 0 Å². The number of sulfone groups is 1. The minimum atomic E-state index is -3.18. The van der Waals surface area contributed by atoms with E-state index in [0.717, 1.165) is 18.5 Å². The molecule has 0 aliphatic heterocycles. The van der Waals surface area contributed by atoms with Crippen molar-refractivity contribution in [2.24, 2.45) is 5.92 Å². The first-order valence-corrected chi connectivity index (χ1v) is 9.82. The zero-order chi connectivity index (χ0) is 15.3. The van der Waals surface area contributed by atoms with Gasteiger partial charge in [0.15, 0.2) is 9.84 Å². The van der Waals surface area contributed by atoms with E-state index < -0.39 is 9.84 Å². The highest BCUT2D eigenvalue weighted by molar-refractivity contribution is 7.91. The molecule has 1 saturated carbocycles. The van der Waals surface area contributed by atoms with Gasteiger partial charge >= 0.3 is 0 Å². The molecule has 0 aromatic heterocycles. The van der Waals surface area contributed by atoms with Crippen molar-refractivity contribution in [1.29, 1.82) is 0 Å². The van der Waals surface area contributed by atoms with Crippen molar-refractivity contribution >= 4 is 15.5 Å². The third-order valence-electron chi connectivity index (χ3n) is 4.47. The van der Waals surface area contributed by atoms with Crippen molar-refractivity contribution < 1.29 is 8.42 Å². The standard InChI is InChI=1S/C17H27NO2S/c1-3-13-21(19,20)17-12-8-7-11-16(17)18-15-10-6-5-9-14(15)4-2/h7-8,11-12,14-15,18H,3-6,9-10,13H2,1-2H3. The SMILES string of the molecule is CCCS(=O)(=O)c1ccccc1NC1CCCCC1CC. The lowest BCUT2D eigenvalue weighted by Gasteiger charge is -2.32. The van der Waals surface area contributed by atoms with E-state index in [1.165, 1.54) is 19.3 Å². The molecule has 2 unspecified atom stereocenters. The lowest BCUT2D eigenvalue weighted by atomic mass is 9.83. The Morgan fingerprint density at radius 2 is 1.86 bits per heavy atom. The van der Waals surface area contributed by atoms with Gasteiger partial charge in [-0.05, 0) is 37.3 Å². The van der Waals surface area contributed by atoms with E-state index in [-0.39, 0.29) is 5.75 Å². The molecule has 0 heterocycles. The van der Waals surface area contributed by atoms with Gasteiger partial charge in [-0.2, -0.15) is 0 Å². The van der Waals surface area contributed by atoms with Crippen LogP contribution in [0.25, 0.3) is 0 Å². The highest BCUT2D eigenvalue weighted by atomic mass is 32.2. The van der Waals surface area contributed by atoms with Crippen LogP contribution in [0.5, 0.6) is 0 Å². The molecule has 1 fully saturated rings. The summed E-state index contributed by atoms with van der Waals surface area (Å²) >= 11 is 0. The Labute approximate surface area is 129 Å². The molecule has 0 radical (unpaired) electrons. The second-order valence-corrected chi connectivity index (χ2v) is 8.10. The monoisotopic (exact) mass is 309 g/mol. The van der Waals surface area contributed by atoms with Crippen LogP contribution < -0.4 is 5.32 Å². The van der Waals surface area contributed by atoms with Crippen molar-refractivity contribution in [1.82, 2.24) is 0 Å². The first-order chi connectivity index (χ1) is 10.1. The van der Waals surface area contributed by atoms with Crippen LogP contribution in [0.15, 0.2) is 29.2 Å². The topological polar surface area (TPSA) is 46.2 Å². The summed E-state index contributed by atoms with van der Waals surface area (Å²) < 4.78 is 24.8. The van der Waals surface area contributed by atoms with Gasteiger partial charge in [-0.15, -0.1) is 0 Å².